The van der Waals surface area contributed by atoms with Crippen LogP contribution in [0.2, 0.25) is 0 Å². The predicted octanol–water partition coefficient (Wildman–Crippen LogP) is 3.31. The maximum atomic E-state index is 12.6. The predicted molar refractivity (Wildman–Crippen MR) is 102 cm³/mol. The molecule has 0 spiro atoms. The van der Waals surface area contributed by atoms with Gasteiger partial charge < -0.3 is 14.6 Å². The largest absolute Gasteiger partial charge is 0.378 e. The van der Waals surface area contributed by atoms with Gasteiger partial charge in [0, 0.05) is 25.3 Å². The SMILES string of the molecule is C[C@H](c1cccc(-c2c[nH]c(C(=O)N3CCOCC3)c2)c1)N1CCCC1. The van der Waals surface area contributed by atoms with Gasteiger partial charge in [-0.15, -0.1) is 0 Å². The number of nitrogens with zero attached hydrogens (tertiary/aromatic N) is 2. The first-order valence-corrected chi connectivity index (χ1v) is 9.62. The number of aromatic amines is 1. The lowest BCUT2D eigenvalue weighted by Crippen LogP contribution is -2.40. The molecular weight excluding hydrogens is 326 g/mol. The monoisotopic (exact) mass is 353 g/mol. The number of morpholine rings is 1. The number of carbonyl (C=O) groups is 1. The fourth-order valence-corrected chi connectivity index (χ4v) is 3.94. The molecule has 3 heterocycles. The molecule has 0 unspecified atom stereocenters. The van der Waals surface area contributed by atoms with Gasteiger partial charge in [-0.25, -0.2) is 0 Å². The molecule has 0 bridgehead atoms. The molecule has 2 aliphatic rings. The van der Waals surface area contributed by atoms with Crippen molar-refractivity contribution in [3.05, 3.63) is 47.8 Å². The zero-order valence-corrected chi connectivity index (χ0v) is 15.4. The van der Waals surface area contributed by atoms with E-state index in [0.29, 0.717) is 38.0 Å². The number of H-pyrrole nitrogens is 1. The van der Waals surface area contributed by atoms with Crippen molar-refractivity contribution in [1.82, 2.24) is 14.8 Å². The van der Waals surface area contributed by atoms with Gasteiger partial charge in [-0.1, -0.05) is 18.2 Å². The maximum absolute atomic E-state index is 12.6. The molecule has 5 heteroatoms. The molecule has 26 heavy (non-hydrogen) atoms. The van der Waals surface area contributed by atoms with Gasteiger partial charge in [0.05, 0.1) is 13.2 Å². The fraction of sp³-hybridized carbons (Fsp3) is 0.476. The van der Waals surface area contributed by atoms with Crippen molar-refractivity contribution < 1.29 is 9.53 Å². The summed E-state index contributed by atoms with van der Waals surface area (Å²) in [5.41, 5.74) is 4.22. The Labute approximate surface area is 154 Å². The van der Waals surface area contributed by atoms with Crippen LogP contribution in [0.5, 0.6) is 0 Å². The summed E-state index contributed by atoms with van der Waals surface area (Å²) in [4.78, 5) is 20.2. The highest BCUT2D eigenvalue weighted by Gasteiger charge is 2.21. The molecule has 1 amide bonds. The van der Waals surface area contributed by atoms with Crippen molar-refractivity contribution >= 4 is 5.91 Å². The summed E-state index contributed by atoms with van der Waals surface area (Å²) in [6.45, 7) is 7.23. The zero-order chi connectivity index (χ0) is 17.9. The number of amides is 1. The third-order valence-electron chi connectivity index (χ3n) is 5.60. The molecule has 5 nitrogen and oxygen atoms in total. The third kappa shape index (κ3) is 3.55. The molecule has 2 aliphatic heterocycles. The standard InChI is InChI=1S/C21H27N3O2/c1-16(23-7-2-3-8-23)17-5-4-6-18(13-17)19-14-20(22-15-19)21(25)24-9-11-26-12-10-24/h4-6,13-16,22H,2-3,7-12H2,1H3/t16-/m1/s1. The molecule has 1 N–H and O–H groups in total. The Hall–Kier alpha value is -2.11. The number of aromatic nitrogens is 1. The first-order valence-electron chi connectivity index (χ1n) is 9.62. The lowest BCUT2D eigenvalue weighted by Gasteiger charge is -2.26. The molecule has 1 aromatic carbocycles. The Morgan fingerprint density at radius 1 is 1.08 bits per heavy atom. The Morgan fingerprint density at radius 3 is 2.62 bits per heavy atom. The van der Waals surface area contributed by atoms with Crippen LogP contribution in [0.4, 0.5) is 0 Å². The Kier molecular flexibility index (Phi) is 5.09. The Balaban J connectivity index is 1.52. The van der Waals surface area contributed by atoms with Crippen LogP contribution in [0.1, 0.15) is 41.9 Å². The topological polar surface area (TPSA) is 48.6 Å². The van der Waals surface area contributed by atoms with Crippen molar-refractivity contribution in [1.29, 1.82) is 0 Å². The van der Waals surface area contributed by atoms with Crippen molar-refractivity contribution in [2.24, 2.45) is 0 Å². The highest BCUT2D eigenvalue weighted by molar-refractivity contribution is 5.94. The molecule has 2 aromatic rings. The van der Waals surface area contributed by atoms with E-state index in [1.54, 1.807) is 0 Å². The van der Waals surface area contributed by atoms with E-state index in [-0.39, 0.29) is 5.91 Å². The molecule has 0 saturated carbocycles. The lowest BCUT2D eigenvalue weighted by atomic mass is 10.0. The number of ether oxygens (including phenoxy) is 1. The van der Waals surface area contributed by atoms with Crippen LogP contribution in [0.25, 0.3) is 11.1 Å². The number of rotatable bonds is 4. The van der Waals surface area contributed by atoms with E-state index in [1.165, 1.54) is 31.5 Å². The molecule has 1 atom stereocenters. The van der Waals surface area contributed by atoms with Crippen LogP contribution in [0.15, 0.2) is 36.5 Å². The van der Waals surface area contributed by atoms with E-state index < -0.39 is 0 Å². The normalized spacial score (nSPS) is 19.7. The van der Waals surface area contributed by atoms with Gasteiger partial charge in [0.15, 0.2) is 0 Å². The molecule has 2 saturated heterocycles. The van der Waals surface area contributed by atoms with Crippen LogP contribution in [-0.2, 0) is 4.74 Å². The summed E-state index contributed by atoms with van der Waals surface area (Å²) in [6, 6.07) is 11.1. The van der Waals surface area contributed by atoms with Gasteiger partial charge in [-0.05, 0) is 61.7 Å². The second-order valence-electron chi connectivity index (χ2n) is 7.25. The van der Waals surface area contributed by atoms with Crippen molar-refractivity contribution in [2.75, 3.05) is 39.4 Å². The van der Waals surface area contributed by atoms with Crippen LogP contribution in [-0.4, -0.2) is 60.1 Å². The maximum Gasteiger partial charge on any atom is 0.270 e. The van der Waals surface area contributed by atoms with E-state index in [9.17, 15) is 4.79 Å². The van der Waals surface area contributed by atoms with E-state index in [4.69, 9.17) is 4.74 Å². The van der Waals surface area contributed by atoms with Crippen molar-refractivity contribution in [3.8, 4) is 11.1 Å². The average molecular weight is 353 g/mol. The van der Waals surface area contributed by atoms with Gasteiger partial charge in [0.25, 0.3) is 5.91 Å². The lowest BCUT2D eigenvalue weighted by molar-refractivity contribution is 0.0299. The quantitative estimate of drug-likeness (QED) is 0.917. The summed E-state index contributed by atoms with van der Waals surface area (Å²) < 4.78 is 5.33. The third-order valence-corrected chi connectivity index (χ3v) is 5.60. The van der Waals surface area contributed by atoms with Crippen LogP contribution in [0, 0.1) is 0 Å². The van der Waals surface area contributed by atoms with Gasteiger partial charge in [0.2, 0.25) is 0 Å². The summed E-state index contributed by atoms with van der Waals surface area (Å²) in [6.07, 6.45) is 4.54. The highest BCUT2D eigenvalue weighted by atomic mass is 16.5. The van der Waals surface area contributed by atoms with Crippen molar-refractivity contribution in [2.45, 2.75) is 25.8 Å². The zero-order valence-electron chi connectivity index (χ0n) is 15.4. The van der Waals surface area contributed by atoms with Crippen LogP contribution in [0.3, 0.4) is 0 Å². The second kappa shape index (κ2) is 7.64. The number of nitrogens with one attached hydrogen (secondary N) is 1. The number of benzene rings is 1. The minimum atomic E-state index is 0.0566. The smallest absolute Gasteiger partial charge is 0.270 e. The Bertz CT molecular complexity index is 758. The van der Waals surface area contributed by atoms with E-state index in [0.717, 1.165) is 11.1 Å². The van der Waals surface area contributed by atoms with Gasteiger partial charge in [-0.2, -0.15) is 0 Å². The number of hydrogen-bond acceptors (Lipinski definition) is 3. The van der Waals surface area contributed by atoms with E-state index in [2.05, 4.69) is 41.1 Å². The first kappa shape index (κ1) is 17.3. The minimum absolute atomic E-state index is 0.0566. The summed E-state index contributed by atoms with van der Waals surface area (Å²) in [7, 11) is 0. The van der Waals surface area contributed by atoms with Gasteiger partial charge >= 0.3 is 0 Å². The molecule has 0 radical (unpaired) electrons. The molecule has 0 aliphatic carbocycles. The average Bonchev–Trinajstić information content (AvgIpc) is 3.40. The second-order valence-corrected chi connectivity index (χ2v) is 7.25. The fourth-order valence-electron chi connectivity index (χ4n) is 3.94. The molecule has 4 rings (SSSR count). The van der Waals surface area contributed by atoms with E-state index >= 15 is 0 Å². The number of likely N-dealkylation sites (tertiary alicyclic amines) is 1. The Morgan fingerprint density at radius 2 is 1.85 bits per heavy atom. The van der Waals surface area contributed by atoms with Crippen LogP contribution >= 0.6 is 0 Å². The number of carbonyl (C=O) groups excluding carboxylic acids is 1. The summed E-state index contributed by atoms with van der Waals surface area (Å²) in [5, 5.41) is 0. The van der Waals surface area contributed by atoms with Gasteiger partial charge in [-0.3, -0.25) is 9.69 Å². The van der Waals surface area contributed by atoms with Gasteiger partial charge in [0.1, 0.15) is 5.69 Å². The summed E-state index contributed by atoms with van der Waals surface area (Å²) in [5.74, 6) is 0.0566. The van der Waals surface area contributed by atoms with E-state index in [1.807, 2.05) is 17.2 Å². The summed E-state index contributed by atoms with van der Waals surface area (Å²) >= 11 is 0. The molecular formula is C21H27N3O2. The molecule has 1 aromatic heterocycles. The number of hydrogen-bond donors (Lipinski definition) is 1. The first-order chi connectivity index (χ1) is 12.7. The van der Waals surface area contributed by atoms with Crippen LogP contribution < -0.4 is 0 Å². The molecule has 2 fully saturated rings. The van der Waals surface area contributed by atoms with Crippen molar-refractivity contribution in [3.63, 3.8) is 0 Å². The molecule has 138 valence electrons. The minimum Gasteiger partial charge on any atom is -0.378 e. The highest BCUT2D eigenvalue weighted by Crippen LogP contribution is 2.28.